The van der Waals surface area contributed by atoms with Crippen LogP contribution in [0.15, 0.2) is 24.5 Å². The number of ether oxygens (including phenoxy) is 1. The molecular formula is C14H14F2N4O2. The number of alkyl halides is 2. The third-order valence-corrected chi connectivity index (χ3v) is 3.44. The number of hydrogen-bond donors (Lipinski definition) is 1. The van der Waals surface area contributed by atoms with E-state index >= 15 is 0 Å². The van der Waals surface area contributed by atoms with Crippen molar-refractivity contribution in [1.82, 2.24) is 20.1 Å². The molecule has 6 nitrogen and oxygen atoms in total. The van der Waals surface area contributed by atoms with E-state index in [1.807, 2.05) is 0 Å². The molecule has 0 fully saturated rings. The SMILES string of the molecule is O=C(c1cccnc1OCC(F)F)N1CCc2[nH]ncc2C1. The van der Waals surface area contributed by atoms with Gasteiger partial charge in [-0.25, -0.2) is 13.8 Å². The summed E-state index contributed by atoms with van der Waals surface area (Å²) in [4.78, 5) is 18.1. The smallest absolute Gasteiger partial charge is 0.272 e. The summed E-state index contributed by atoms with van der Waals surface area (Å²) in [5.41, 5.74) is 2.16. The Labute approximate surface area is 125 Å². The molecule has 1 amide bonds. The van der Waals surface area contributed by atoms with Crippen LogP contribution in [-0.4, -0.2) is 45.6 Å². The lowest BCUT2D eigenvalue weighted by atomic mass is 10.1. The maximum Gasteiger partial charge on any atom is 0.272 e. The average Bonchev–Trinajstić information content (AvgIpc) is 3.00. The van der Waals surface area contributed by atoms with Crippen LogP contribution in [0.4, 0.5) is 8.78 Å². The monoisotopic (exact) mass is 308 g/mol. The molecule has 0 aromatic carbocycles. The number of hydrogen-bond acceptors (Lipinski definition) is 4. The van der Waals surface area contributed by atoms with Gasteiger partial charge in [0.25, 0.3) is 12.3 Å². The van der Waals surface area contributed by atoms with E-state index in [0.29, 0.717) is 19.5 Å². The van der Waals surface area contributed by atoms with Crippen LogP contribution < -0.4 is 4.74 Å². The fraction of sp³-hybridized carbons (Fsp3) is 0.357. The van der Waals surface area contributed by atoms with Crippen LogP contribution in [0.5, 0.6) is 5.88 Å². The molecule has 3 heterocycles. The minimum Gasteiger partial charge on any atom is -0.471 e. The summed E-state index contributed by atoms with van der Waals surface area (Å²) in [7, 11) is 0. The van der Waals surface area contributed by atoms with Crippen LogP contribution in [0.25, 0.3) is 0 Å². The Balaban J connectivity index is 1.78. The van der Waals surface area contributed by atoms with Crippen molar-refractivity contribution in [3.05, 3.63) is 41.3 Å². The van der Waals surface area contributed by atoms with Gasteiger partial charge < -0.3 is 9.64 Å². The number of aromatic nitrogens is 3. The maximum absolute atomic E-state index is 12.6. The normalized spacial score (nSPS) is 14.0. The molecule has 2 aromatic rings. The van der Waals surface area contributed by atoms with Gasteiger partial charge in [0.05, 0.1) is 6.20 Å². The highest BCUT2D eigenvalue weighted by Crippen LogP contribution is 2.22. The van der Waals surface area contributed by atoms with E-state index in [2.05, 4.69) is 15.2 Å². The summed E-state index contributed by atoms with van der Waals surface area (Å²) in [5, 5.41) is 6.85. The van der Waals surface area contributed by atoms with Crippen molar-refractivity contribution in [2.24, 2.45) is 0 Å². The summed E-state index contributed by atoms with van der Waals surface area (Å²) < 4.78 is 29.5. The number of pyridine rings is 1. The Morgan fingerprint density at radius 2 is 2.36 bits per heavy atom. The predicted octanol–water partition coefficient (Wildman–Crippen LogP) is 1.65. The van der Waals surface area contributed by atoms with Crippen molar-refractivity contribution < 1.29 is 18.3 Å². The number of carbonyl (C=O) groups excluding carboxylic acids is 1. The molecular weight excluding hydrogens is 294 g/mol. The number of nitrogens with one attached hydrogen (secondary N) is 1. The van der Waals surface area contributed by atoms with Gasteiger partial charge in [0, 0.05) is 37.0 Å². The van der Waals surface area contributed by atoms with Gasteiger partial charge in [-0.2, -0.15) is 5.10 Å². The van der Waals surface area contributed by atoms with E-state index in [1.54, 1.807) is 17.2 Å². The number of nitrogens with zero attached hydrogens (tertiary/aromatic N) is 3. The van der Waals surface area contributed by atoms with Gasteiger partial charge in [-0.3, -0.25) is 9.89 Å². The van der Waals surface area contributed by atoms with E-state index in [9.17, 15) is 13.6 Å². The number of halogens is 2. The number of amides is 1. The zero-order chi connectivity index (χ0) is 15.5. The van der Waals surface area contributed by atoms with Gasteiger partial charge in [-0.15, -0.1) is 0 Å². The Bertz CT molecular complexity index is 674. The first-order chi connectivity index (χ1) is 10.6. The molecule has 1 aliphatic rings. The first kappa shape index (κ1) is 14.4. The quantitative estimate of drug-likeness (QED) is 0.932. The van der Waals surface area contributed by atoms with E-state index < -0.39 is 13.0 Å². The van der Waals surface area contributed by atoms with Crippen LogP contribution >= 0.6 is 0 Å². The van der Waals surface area contributed by atoms with Crippen LogP contribution in [0, 0.1) is 0 Å². The molecule has 1 aliphatic heterocycles. The molecule has 0 bridgehead atoms. The van der Waals surface area contributed by atoms with Crippen molar-refractivity contribution in [3.63, 3.8) is 0 Å². The lowest BCUT2D eigenvalue weighted by molar-refractivity contribution is 0.0687. The predicted molar refractivity (Wildman–Crippen MR) is 72.8 cm³/mol. The Morgan fingerprint density at radius 1 is 1.50 bits per heavy atom. The molecule has 22 heavy (non-hydrogen) atoms. The Morgan fingerprint density at radius 3 is 3.18 bits per heavy atom. The summed E-state index contributed by atoms with van der Waals surface area (Å²) in [5.74, 6) is -0.352. The largest absolute Gasteiger partial charge is 0.471 e. The topological polar surface area (TPSA) is 71.1 Å². The molecule has 0 unspecified atom stereocenters. The second kappa shape index (κ2) is 6.08. The molecule has 116 valence electrons. The van der Waals surface area contributed by atoms with Crippen molar-refractivity contribution >= 4 is 5.91 Å². The maximum atomic E-state index is 12.6. The molecule has 0 saturated heterocycles. The summed E-state index contributed by atoms with van der Waals surface area (Å²) in [6, 6.07) is 3.11. The molecule has 0 aliphatic carbocycles. The van der Waals surface area contributed by atoms with Gasteiger partial charge >= 0.3 is 0 Å². The fourth-order valence-electron chi connectivity index (χ4n) is 2.38. The highest BCUT2D eigenvalue weighted by atomic mass is 19.3. The van der Waals surface area contributed by atoms with Gasteiger partial charge in [-0.05, 0) is 12.1 Å². The molecule has 8 heteroatoms. The van der Waals surface area contributed by atoms with Crippen molar-refractivity contribution in [2.45, 2.75) is 19.4 Å². The van der Waals surface area contributed by atoms with Crippen molar-refractivity contribution in [2.75, 3.05) is 13.2 Å². The molecule has 0 radical (unpaired) electrons. The average molecular weight is 308 g/mol. The first-order valence-corrected chi connectivity index (χ1v) is 6.81. The van der Waals surface area contributed by atoms with Gasteiger partial charge in [0.2, 0.25) is 5.88 Å². The molecule has 2 aromatic heterocycles. The van der Waals surface area contributed by atoms with Gasteiger partial charge in [-0.1, -0.05) is 0 Å². The third kappa shape index (κ3) is 2.90. The van der Waals surface area contributed by atoms with Gasteiger partial charge in [0.15, 0.2) is 6.61 Å². The molecule has 3 rings (SSSR count). The minimum absolute atomic E-state index is 0.0641. The van der Waals surface area contributed by atoms with E-state index in [0.717, 1.165) is 11.3 Å². The van der Waals surface area contributed by atoms with Crippen LogP contribution in [0.1, 0.15) is 21.6 Å². The zero-order valence-electron chi connectivity index (χ0n) is 11.6. The zero-order valence-corrected chi connectivity index (χ0v) is 11.6. The number of carbonyl (C=O) groups is 1. The highest BCUT2D eigenvalue weighted by molar-refractivity contribution is 5.96. The molecule has 0 spiro atoms. The van der Waals surface area contributed by atoms with Crippen LogP contribution in [0.2, 0.25) is 0 Å². The van der Waals surface area contributed by atoms with Crippen LogP contribution in [0.3, 0.4) is 0 Å². The number of fused-ring (bicyclic) bond motifs is 1. The molecule has 0 saturated carbocycles. The van der Waals surface area contributed by atoms with Gasteiger partial charge in [0.1, 0.15) is 5.56 Å². The van der Waals surface area contributed by atoms with Crippen LogP contribution in [-0.2, 0) is 13.0 Å². The van der Waals surface area contributed by atoms with E-state index in [1.165, 1.54) is 12.3 Å². The second-order valence-electron chi connectivity index (χ2n) is 4.91. The standard InChI is InChI=1S/C14H14F2N4O2/c15-12(16)8-22-13-10(2-1-4-17-13)14(21)20-5-3-11-9(7-20)6-18-19-11/h1-2,4,6,12H,3,5,7-8H2,(H,18,19). The summed E-state index contributed by atoms with van der Waals surface area (Å²) in [6.07, 6.45) is 1.15. The summed E-state index contributed by atoms with van der Waals surface area (Å²) >= 11 is 0. The third-order valence-electron chi connectivity index (χ3n) is 3.44. The summed E-state index contributed by atoms with van der Waals surface area (Å²) in [6.45, 7) is 0.161. The second-order valence-corrected chi connectivity index (χ2v) is 4.91. The number of H-pyrrole nitrogens is 1. The number of rotatable bonds is 4. The minimum atomic E-state index is -2.62. The lowest BCUT2D eigenvalue weighted by Crippen LogP contribution is -2.36. The van der Waals surface area contributed by atoms with Crippen molar-refractivity contribution in [1.29, 1.82) is 0 Å². The Hall–Kier alpha value is -2.51. The molecule has 1 N–H and O–H groups in total. The number of aromatic amines is 1. The Kier molecular flexibility index (Phi) is 3.99. The highest BCUT2D eigenvalue weighted by Gasteiger charge is 2.25. The lowest BCUT2D eigenvalue weighted by Gasteiger charge is -2.27. The van der Waals surface area contributed by atoms with E-state index in [4.69, 9.17) is 4.74 Å². The van der Waals surface area contributed by atoms with E-state index in [-0.39, 0.29) is 17.4 Å². The van der Waals surface area contributed by atoms with Crippen molar-refractivity contribution in [3.8, 4) is 5.88 Å². The first-order valence-electron chi connectivity index (χ1n) is 6.81. The molecule has 0 atom stereocenters. The fourth-order valence-corrected chi connectivity index (χ4v) is 2.38.